The summed E-state index contributed by atoms with van der Waals surface area (Å²) in [6.45, 7) is 0. The molecule has 128 valence electrons. The van der Waals surface area contributed by atoms with Crippen molar-refractivity contribution in [3.8, 4) is 0 Å². The first-order chi connectivity index (χ1) is 11.7. The van der Waals surface area contributed by atoms with Crippen molar-refractivity contribution >= 4 is 5.78 Å². The van der Waals surface area contributed by atoms with E-state index < -0.39 is 0 Å². The molecular weight excluding hydrogens is 292 g/mol. The number of carbonyl (C=O) groups excluding carboxylic acids is 1. The summed E-state index contributed by atoms with van der Waals surface area (Å²) >= 11 is 0. The molecule has 0 aromatic carbocycles. The number of hydrogen-bond acceptors (Lipinski definition) is 1. The molecular formula is C23H30O. The monoisotopic (exact) mass is 322 g/mol. The van der Waals surface area contributed by atoms with Gasteiger partial charge in [0.15, 0.2) is 0 Å². The van der Waals surface area contributed by atoms with Crippen LogP contribution in [-0.2, 0) is 4.79 Å². The number of allylic oxidation sites excluding steroid dienone is 4. The number of rotatable bonds is 2. The van der Waals surface area contributed by atoms with Gasteiger partial charge in [-0.25, -0.2) is 0 Å². The largest absolute Gasteiger partial charge is 0.299 e. The Morgan fingerprint density at radius 3 is 1.75 bits per heavy atom. The summed E-state index contributed by atoms with van der Waals surface area (Å²) in [5.74, 6) is 4.97. The SMILES string of the molecule is O=C(C1CC2CCC13CC=CCC23)C1CC2CCC13CC=CCC23. The predicted molar refractivity (Wildman–Crippen MR) is 95.3 cm³/mol. The molecule has 4 saturated carbocycles. The Bertz CT molecular complexity index is 590. The Morgan fingerprint density at radius 2 is 1.25 bits per heavy atom. The molecule has 24 heavy (non-hydrogen) atoms. The van der Waals surface area contributed by atoms with E-state index in [1.807, 2.05) is 0 Å². The Hall–Kier alpha value is -0.850. The lowest BCUT2D eigenvalue weighted by Crippen LogP contribution is -2.43. The highest BCUT2D eigenvalue weighted by Crippen LogP contribution is 2.70. The molecule has 0 aliphatic heterocycles. The first kappa shape index (κ1) is 14.3. The second-order valence-corrected chi connectivity index (χ2v) is 10.1. The van der Waals surface area contributed by atoms with Gasteiger partial charge in [0.2, 0.25) is 0 Å². The molecule has 0 aromatic heterocycles. The van der Waals surface area contributed by atoms with Crippen molar-refractivity contribution in [2.75, 3.05) is 0 Å². The molecule has 0 N–H and O–H groups in total. The van der Waals surface area contributed by atoms with E-state index in [1.165, 1.54) is 64.2 Å². The van der Waals surface area contributed by atoms with Crippen LogP contribution in [0.1, 0.15) is 64.2 Å². The van der Waals surface area contributed by atoms with Crippen molar-refractivity contribution in [2.45, 2.75) is 64.2 Å². The molecule has 6 rings (SSSR count). The molecule has 0 amide bonds. The molecule has 0 radical (unpaired) electrons. The van der Waals surface area contributed by atoms with Crippen molar-refractivity contribution < 1.29 is 4.79 Å². The van der Waals surface area contributed by atoms with Gasteiger partial charge in [-0.15, -0.1) is 0 Å². The molecule has 4 bridgehead atoms. The second kappa shape index (κ2) is 4.65. The van der Waals surface area contributed by atoms with Gasteiger partial charge in [-0.2, -0.15) is 0 Å². The zero-order chi connectivity index (χ0) is 15.9. The van der Waals surface area contributed by atoms with E-state index in [0.717, 1.165) is 29.5 Å². The number of hydrogen-bond donors (Lipinski definition) is 0. The fraction of sp³-hybridized carbons (Fsp3) is 0.783. The standard InChI is InChI=1S/C23H30O/c24-21(19-13-15-7-11-22(19)9-3-1-5-17(15)22)20-14-16-8-12-23(20)10-4-2-6-18(16)23/h1-4,15-20H,5-14H2. The molecule has 6 aliphatic rings. The van der Waals surface area contributed by atoms with Gasteiger partial charge in [-0.05, 0) is 98.7 Å². The summed E-state index contributed by atoms with van der Waals surface area (Å²) in [7, 11) is 0. The lowest BCUT2D eigenvalue weighted by molar-refractivity contribution is -0.136. The third-order valence-corrected chi connectivity index (χ3v) is 9.84. The van der Waals surface area contributed by atoms with Gasteiger partial charge in [0.05, 0.1) is 0 Å². The minimum absolute atomic E-state index is 0.384. The van der Waals surface area contributed by atoms with Gasteiger partial charge in [0.25, 0.3) is 0 Å². The van der Waals surface area contributed by atoms with Crippen LogP contribution in [0.2, 0.25) is 0 Å². The van der Waals surface area contributed by atoms with E-state index in [1.54, 1.807) is 0 Å². The molecule has 1 nitrogen and oxygen atoms in total. The van der Waals surface area contributed by atoms with Gasteiger partial charge in [-0.1, -0.05) is 24.3 Å². The fourth-order valence-electron chi connectivity index (χ4n) is 8.90. The van der Waals surface area contributed by atoms with E-state index >= 15 is 0 Å². The van der Waals surface area contributed by atoms with Crippen LogP contribution in [0.4, 0.5) is 0 Å². The van der Waals surface area contributed by atoms with Crippen LogP contribution in [0.3, 0.4) is 0 Å². The Labute approximate surface area is 146 Å². The molecule has 8 unspecified atom stereocenters. The highest BCUT2D eigenvalue weighted by molar-refractivity contribution is 5.86. The van der Waals surface area contributed by atoms with Crippen LogP contribution < -0.4 is 0 Å². The van der Waals surface area contributed by atoms with E-state index in [2.05, 4.69) is 24.3 Å². The van der Waals surface area contributed by atoms with Gasteiger partial charge in [0.1, 0.15) is 5.78 Å². The fourth-order valence-corrected chi connectivity index (χ4v) is 8.90. The first-order valence-electron chi connectivity index (χ1n) is 10.6. The summed E-state index contributed by atoms with van der Waals surface area (Å²) in [6, 6.07) is 0. The van der Waals surface area contributed by atoms with Crippen molar-refractivity contribution in [1.29, 1.82) is 0 Å². The lowest BCUT2D eigenvalue weighted by Gasteiger charge is -2.44. The molecule has 0 saturated heterocycles. The van der Waals surface area contributed by atoms with Crippen LogP contribution >= 0.6 is 0 Å². The average molecular weight is 322 g/mol. The predicted octanol–water partition coefficient (Wildman–Crippen LogP) is 5.32. The topological polar surface area (TPSA) is 17.1 Å². The molecule has 6 aliphatic carbocycles. The number of ketones is 1. The highest BCUT2D eigenvalue weighted by Gasteiger charge is 2.66. The Kier molecular flexibility index (Phi) is 2.78. The van der Waals surface area contributed by atoms with Crippen LogP contribution in [0.25, 0.3) is 0 Å². The van der Waals surface area contributed by atoms with Crippen LogP contribution in [0.5, 0.6) is 0 Å². The van der Waals surface area contributed by atoms with Gasteiger partial charge >= 0.3 is 0 Å². The summed E-state index contributed by atoms with van der Waals surface area (Å²) in [6.07, 6.45) is 22.5. The molecule has 0 spiro atoms. The molecule has 8 atom stereocenters. The van der Waals surface area contributed by atoms with Crippen molar-refractivity contribution in [1.82, 2.24) is 0 Å². The van der Waals surface area contributed by atoms with E-state index in [-0.39, 0.29) is 0 Å². The zero-order valence-corrected chi connectivity index (χ0v) is 14.8. The minimum atomic E-state index is 0.384. The second-order valence-electron chi connectivity index (χ2n) is 10.1. The van der Waals surface area contributed by atoms with Crippen LogP contribution in [0, 0.1) is 46.3 Å². The Morgan fingerprint density at radius 1 is 0.750 bits per heavy atom. The first-order valence-corrected chi connectivity index (χ1v) is 10.6. The average Bonchev–Trinajstić information content (AvgIpc) is 3.35. The maximum atomic E-state index is 13.9. The lowest BCUT2D eigenvalue weighted by atomic mass is 9.59. The summed E-state index contributed by atoms with van der Waals surface area (Å²) in [4.78, 5) is 13.9. The third kappa shape index (κ3) is 1.52. The summed E-state index contributed by atoms with van der Waals surface area (Å²) in [5, 5.41) is 0. The smallest absolute Gasteiger partial charge is 0.140 e. The maximum absolute atomic E-state index is 13.9. The zero-order valence-electron chi connectivity index (χ0n) is 14.8. The van der Waals surface area contributed by atoms with Gasteiger partial charge < -0.3 is 0 Å². The summed E-state index contributed by atoms with van der Waals surface area (Å²) < 4.78 is 0. The molecule has 1 heteroatoms. The molecule has 0 heterocycles. The van der Waals surface area contributed by atoms with E-state index in [0.29, 0.717) is 22.7 Å². The van der Waals surface area contributed by atoms with Gasteiger partial charge in [-0.3, -0.25) is 4.79 Å². The highest BCUT2D eigenvalue weighted by atomic mass is 16.1. The number of carbonyl (C=O) groups is 1. The normalized spacial score (nSPS) is 56.5. The summed E-state index contributed by atoms with van der Waals surface area (Å²) in [5.41, 5.74) is 0.768. The van der Waals surface area contributed by atoms with Crippen LogP contribution in [0.15, 0.2) is 24.3 Å². The maximum Gasteiger partial charge on any atom is 0.140 e. The molecule has 0 aromatic rings. The number of Topliss-reactive ketones (excluding diaryl/α,β-unsaturated/α-hetero) is 1. The van der Waals surface area contributed by atoms with Crippen molar-refractivity contribution in [3.05, 3.63) is 24.3 Å². The van der Waals surface area contributed by atoms with E-state index in [9.17, 15) is 4.79 Å². The quantitative estimate of drug-likeness (QED) is 0.629. The van der Waals surface area contributed by atoms with Crippen LogP contribution in [-0.4, -0.2) is 5.78 Å². The van der Waals surface area contributed by atoms with Crippen molar-refractivity contribution in [3.63, 3.8) is 0 Å². The Balaban J connectivity index is 1.35. The van der Waals surface area contributed by atoms with Gasteiger partial charge in [0, 0.05) is 11.8 Å². The minimum Gasteiger partial charge on any atom is -0.299 e. The third-order valence-electron chi connectivity index (χ3n) is 9.84. The van der Waals surface area contributed by atoms with E-state index in [4.69, 9.17) is 0 Å². The molecule has 4 fully saturated rings. The van der Waals surface area contributed by atoms with Crippen molar-refractivity contribution in [2.24, 2.45) is 46.3 Å².